The number of fused-ring (bicyclic) bond motifs is 1. The Bertz CT molecular complexity index is 1060. The van der Waals surface area contributed by atoms with Gasteiger partial charge < -0.3 is 18.9 Å². The van der Waals surface area contributed by atoms with E-state index in [1.807, 2.05) is 12.1 Å². The first kappa shape index (κ1) is 18.2. The van der Waals surface area contributed by atoms with Crippen LogP contribution in [0.15, 0.2) is 33.6 Å². The molecule has 0 bridgehead atoms. The van der Waals surface area contributed by atoms with E-state index in [2.05, 4.69) is 10.3 Å². The summed E-state index contributed by atoms with van der Waals surface area (Å²) >= 11 is 0. The minimum atomic E-state index is -0.453. The number of benzene rings is 1. The van der Waals surface area contributed by atoms with Crippen molar-refractivity contribution in [2.24, 2.45) is 0 Å². The van der Waals surface area contributed by atoms with Gasteiger partial charge in [-0.25, -0.2) is 4.68 Å². The number of aryl methyl sites for hydroxylation is 1. The first-order chi connectivity index (χ1) is 13.6. The molecule has 3 heterocycles. The molecule has 0 unspecified atom stereocenters. The molecule has 3 aromatic rings. The van der Waals surface area contributed by atoms with E-state index in [4.69, 9.17) is 14.0 Å². The standard InChI is InChI=1S/C19H20N4O5/c1-12-16-17(13-3-5-14(26-2)6-4-13)20-23(19(25)18(16)21-28-12)11-15(24)22-7-9-27-10-8-22/h3-6H,7-11H2,1-2H3. The molecule has 0 spiro atoms. The SMILES string of the molecule is COc1ccc(-c2nn(CC(=O)N3CCOCC3)c(=O)c3noc(C)c23)cc1. The number of morpholine rings is 1. The lowest BCUT2D eigenvalue weighted by atomic mass is 10.1. The second kappa shape index (κ2) is 7.43. The van der Waals surface area contributed by atoms with Crippen LogP contribution in [0, 0.1) is 6.92 Å². The third kappa shape index (κ3) is 3.24. The minimum absolute atomic E-state index is 0.160. The van der Waals surface area contributed by atoms with Gasteiger partial charge in [-0.3, -0.25) is 9.59 Å². The number of carbonyl (C=O) groups excluding carboxylic acids is 1. The number of ether oxygens (including phenoxy) is 2. The smallest absolute Gasteiger partial charge is 0.297 e. The van der Waals surface area contributed by atoms with Crippen molar-refractivity contribution < 1.29 is 18.8 Å². The molecule has 1 aliphatic rings. The molecule has 1 amide bonds. The van der Waals surface area contributed by atoms with E-state index in [1.165, 1.54) is 0 Å². The summed E-state index contributed by atoms with van der Waals surface area (Å²) in [4.78, 5) is 27.1. The third-order valence-electron chi connectivity index (χ3n) is 4.77. The Labute approximate surface area is 160 Å². The van der Waals surface area contributed by atoms with Gasteiger partial charge in [0.05, 0.1) is 25.7 Å². The molecule has 9 nitrogen and oxygen atoms in total. The van der Waals surface area contributed by atoms with Crippen LogP contribution in [-0.4, -0.2) is 59.2 Å². The number of carbonyl (C=O) groups is 1. The molecule has 1 fully saturated rings. The van der Waals surface area contributed by atoms with Crippen LogP contribution in [-0.2, 0) is 16.1 Å². The zero-order chi connectivity index (χ0) is 19.7. The average molecular weight is 384 g/mol. The molecule has 9 heteroatoms. The largest absolute Gasteiger partial charge is 0.497 e. The molecule has 4 rings (SSSR count). The fourth-order valence-electron chi connectivity index (χ4n) is 3.23. The molecule has 0 radical (unpaired) electrons. The molecule has 0 aliphatic carbocycles. The van der Waals surface area contributed by atoms with Gasteiger partial charge in [-0.2, -0.15) is 5.10 Å². The van der Waals surface area contributed by atoms with Crippen LogP contribution in [0.25, 0.3) is 22.2 Å². The van der Waals surface area contributed by atoms with Crippen molar-refractivity contribution >= 4 is 16.8 Å². The Hall–Kier alpha value is -3.20. The highest BCUT2D eigenvalue weighted by Gasteiger charge is 2.22. The molecule has 1 aliphatic heterocycles. The van der Waals surface area contributed by atoms with Crippen molar-refractivity contribution in [1.29, 1.82) is 0 Å². The summed E-state index contributed by atoms with van der Waals surface area (Å²) in [5, 5.41) is 8.93. The monoisotopic (exact) mass is 384 g/mol. The van der Waals surface area contributed by atoms with Crippen LogP contribution in [0.5, 0.6) is 5.75 Å². The van der Waals surface area contributed by atoms with Crippen molar-refractivity contribution in [2.75, 3.05) is 33.4 Å². The van der Waals surface area contributed by atoms with E-state index in [-0.39, 0.29) is 18.0 Å². The van der Waals surface area contributed by atoms with Crippen LogP contribution in [0.3, 0.4) is 0 Å². The van der Waals surface area contributed by atoms with Gasteiger partial charge in [0.25, 0.3) is 5.56 Å². The van der Waals surface area contributed by atoms with Crippen LogP contribution >= 0.6 is 0 Å². The zero-order valence-corrected chi connectivity index (χ0v) is 15.7. The summed E-state index contributed by atoms with van der Waals surface area (Å²) < 4.78 is 16.9. The van der Waals surface area contributed by atoms with Gasteiger partial charge in [-0.15, -0.1) is 0 Å². The van der Waals surface area contributed by atoms with Crippen molar-refractivity contribution in [3.63, 3.8) is 0 Å². The summed E-state index contributed by atoms with van der Waals surface area (Å²) in [5.41, 5.74) is 1.01. The number of amides is 1. The van der Waals surface area contributed by atoms with E-state index in [9.17, 15) is 9.59 Å². The Kier molecular flexibility index (Phi) is 4.82. The van der Waals surface area contributed by atoms with Crippen molar-refractivity contribution in [1.82, 2.24) is 19.8 Å². The van der Waals surface area contributed by atoms with Crippen LogP contribution in [0.4, 0.5) is 0 Å². The maximum Gasteiger partial charge on any atom is 0.297 e. The Balaban J connectivity index is 1.78. The van der Waals surface area contributed by atoms with Crippen LogP contribution in [0.2, 0.25) is 0 Å². The molecule has 1 saturated heterocycles. The first-order valence-corrected chi connectivity index (χ1v) is 8.95. The molecule has 2 aromatic heterocycles. The van der Waals surface area contributed by atoms with E-state index < -0.39 is 5.56 Å². The molecule has 0 N–H and O–H groups in total. The number of hydrogen-bond acceptors (Lipinski definition) is 7. The average Bonchev–Trinajstić information content (AvgIpc) is 3.13. The highest BCUT2D eigenvalue weighted by Crippen LogP contribution is 2.28. The van der Waals surface area contributed by atoms with Gasteiger partial charge >= 0.3 is 0 Å². The van der Waals surface area contributed by atoms with E-state index in [0.29, 0.717) is 48.9 Å². The van der Waals surface area contributed by atoms with Gasteiger partial charge in [0.1, 0.15) is 23.7 Å². The Morgan fingerprint density at radius 3 is 2.61 bits per heavy atom. The van der Waals surface area contributed by atoms with Gasteiger partial charge in [0, 0.05) is 18.7 Å². The zero-order valence-electron chi connectivity index (χ0n) is 15.7. The van der Waals surface area contributed by atoms with Crippen molar-refractivity contribution in [2.45, 2.75) is 13.5 Å². The van der Waals surface area contributed by atoms with E-state index in [0.717, 1.165) is 10.2 Å². The highest BCUT2D eigenvalue weighted by atomic mass is 16.5. The van der Waals surface area contributed by atoms with Crippen molar-refractivity contribution in [3.8, 4) is 17.0 Å². The third-order valence-corrected chi connectivity index (χ3v) is 4.77. The minimum Gasteiger partial charge on any atom is -0.497 e. The fraction of sp³-hybridized carbons (Fsp3) is 0.368. The number of rotatable bonds is 4. The molecule has 146 valence electrons. The Morgan fingerprint density at radius 2 is 1.93 bits per heavy atom. The summed E-state index contributed by atoms with van der Waals surface area (Å²) in [6.45, 7) is 3.56. The fourth-order valence-corrected chi connectivity index (χ4v) is 3.23. The molecular formula is C19H20N4O5. The lowest BCUT2D eigenvalue weighted by molar-refractivity contribution is -0.136. The lowest BCUT2D eigenvalue weighted by Gasteiger charge is -2.26. The molecule has 1 aromatic carbocycles. The number of methoxy groups -OCH3 is 1. The predicted molar refractivity (Wildman–Crippen MR) is 100 cm³/mol. The number of aromatic nitrogens is 3. The molecule has 28 heavy (non-hydrogen) atoms. The summed E-state index contributed by atoms with van der Waals surface area (Å²) in [5.74, 6) is 1.02. The topological polar surface area (TPSA) is 99.7 Å². The molecule has 0 atom stereocenters. The summed E-state index contributed by atoms with van der Waals surface area (Å²) in [7, 11) is 1.59. The van der Waals surface area contributed by atoms with Gasteiger partial charge in [-0.05, 0) is 31.2 Å². The maximum absolute atomic E-state index is 12.8. The van der Waals surface area contributed by atoms with Gasteiger partial charge in [0.15, 0.2) is 5.52 Å². The maximum atomic E-state index is 12.8. The highest BCUT2D eigenvalue weighted by molar-refractivity contribution is 5.93. The van der Waals surface area contributed by atoms with Gasteiger partial charge in [-0.1, -0.05) is 5.16 Å². The van der Waals surface area contributed by atoms with Crippen molar-refractivity contribution in [3.05, 3.63) is 40.4 Å². The lowest BCUT2D eigenvalue weighted by Crippen LogP contribution is -2.43. The number of nitrogens with zero attached hydrogens (tertiary/aromatic N) is 4. The van der Waals surface area contributed by atoms with Crippen LogP contribution in [0.1, 0.15) is 5.76 Å². The molecule has 0 saturated carbocycles. The van der Waals surface area contributed by atoms with E-state index in [1.54, 1.807) is 31.1 Å². The first-order valence-electron chi connectivity index (χ1n) is 8.95. The summed E-state index contributed by atoms with van der Waals surface area (Å²) in [6.07, 6.45) is 0. The number of hydrogen-bond donors (Lipinski definition) is 0. The quantitative estimate of drug-likeness (QED) is 0.667. The molecular weight excluding hydrogens is 364 g/mol. The Morgan fingerprint density at radius 1 is 1.21 bits per heavy atom. The normalized spacial score (nSPS) is 14.4. The summed E-state index contributed by atoms with van der Waals surface area (Å²) in [6, 6.07) is 7.29. The second-order valence-electron chi connectivity index (χ2n) is 6.50. The van der Waals surface area contributed by atoms with Gasteiger partial charge in [0.2, 0.25) is 5.91 Å². The second-order valence-corrected chi connectivity index (χ2v) is 6.50. The van der Waals surface area contributed by atoms with E-state index >= 15 is 0 Å². The van der Waals surface area contributed by atoms with Crippen LogP contribution < -0.4 is 10.3 Å². The predicted octanol–water partition coefficient (Wildman–Crippen LogP) is 1.23.